The summed E-state index contributed by atoms with van der Waals surface area (Å²) in [5.41, 5.74) is 1.72. The average Bonchev–Trinajstić information content (AvgIpc) is 2.58. The van der Waals surface area contributed by atoms with Crippen LogP contribution >= 0.6 is 0 Å². The molecule has 0 fully saturated rings. The van der Waals surface area contributed by atoms with Crippen molar-refractivity contribution < 1.29 is 19.8 Å². The van der Waals surface area contributed by atoms with Crippen molar-refractivity contribution in [1.82, 2.24) is 0 Å². The third-order valence-corrected chi connectivity index (χ3v) is 4.34. The van der Waals surface area contributed by atoms with E-state index in [0.717, 1.165) is 24.0 Å². The van der Waals surface area contributed by atoms with E-state index in [9.17, 15) is 19.8 Å². The molecule has 0 amide bonds. The van der Waals surface area contributed by atoms with E-state index in [1.807, 2.05) is 67.6 Å². The second-order valence-corrected chi connectivity index (χ2v) is 5.90. The van der Waals surface area contributed by atoms with Gasteiger partial charge in [0.2, 0.25) is 0 Å². The van der Waals surface area contributed by atoms with Crippen molar-refractivity contribution in [3.8, 4) is 0 Å². The Kier molecular flexibility index (Phi) is 6.13. The van der Waals surface area contributed by atoms with Gasteiger partial charge in [-0.2, -0.15) is 0 Å². The molecule has 4 heteroatoms. The average molecular weight is 326 g/mol. The molecule has 0 aliphatic heterocycles. The topological polar surface area (TPSA) is 74.6 Å². The summed E-state index contributed by atoms with van der Waals surface area (Å²) in [6.07, 6.45) is 1.56. The van der Waals surface area contributed by atoms with Crippen LogP contribution in [-0.4, -0.2) is 22.2 Å². The molecule has 0 aromatic heterocycles. The van der Waals surface area contributed by atoms with Crippen molar-refractivity contribution in [3.05, 3.63) is 71.8 Å². The Hall–Kier alpha value is -2.62. The summed E-state index contributed by atoms with van der Waals surface area (Å²) >= 11 is 0. The summed E-state index contributed by atoms with van der Waals surface area (Å²) in [5, 5.41) is 19.1. The monoisotopic (exact) mass is 326 g/mol. The molecule has 0 heterocycles. The zero-order chi connectivity index (χ0) is 17.5. The lowest BCUT2D eigenvalue weighted by Crippen LogP contribution is -2.33. The van der Waals surface area contributed by atoms with Gasteiger partial charge >= 0.3 is 11.9 Å². The summed E-state index contributed by atoms with van der Waals surface area (Å²) in [5.74, 6) is -4.87. The quantitative estimate of drug-likeness (QED) is 0.715. The molecule has 0 bridgehead atoms. The molecule has 0 spiro atoms. The van der Waals surface area contributed by atoms with Gasteiger partial charge in [0.15, 0.2) is 5.92 Å². The summed E-state index contributed by atoms with van der Waals surface area (Å²) in [4.78, 5) is 23.4. The second kappa shape index (κ2) is 8.29. The van der Waals surface area contributed by atoms with Crippen molar-refractivity contribution in [1.29, 1.82) is 0 Å². The Bertz CT molecular complexity index is 653. The van der Waals surface area contributed by atoms with Gasteiger partial charge in [0.1, 0.15) is 0 Å². The maximum atomic E-state index is 11.7. The number of rotatable bonds is 8. The summed E-state index contributed by atoms with van der Waals surface area (Å²) in [6.45, 7) is 2.02. The minimum Gasteiger partial charge on any atom is -0.481 e. The smallest absolute Gasteiger partial charge is 0.318 e. The van der Waals surface area contributed by atoms with Crippen LogP contribution in [0.2, 0.25) is 0 Å². The van der Waals surface area contributed by atoms with Gasteiger partial charge in [-0.3, -0.25) is 9.59 Å². The first-order valence-electron chi connectivity index (χ1n) is 8.11. The largest absolute Gasteiger partial charge is 0.481 e. The van der Waals surface area contributed by atoms with Crippen molar-refractivity contribution in [2.24, 2.45) is 5.92 Å². The molecule has 2 aromatic rings. The highest BCUT2D eigenvalue weighted by Crippen LogP contribution is 2.41. The number of carboxylic acids is 2. The Morgan fingerprint density at radius 3 is 1.71 bits per heavy atom. The molecule has 2 unspecified atom stereocenters. The van der Waals surface area contributed by atoms with Crippen molar-refractivity contribution in [3.63, 3.8) is 0 Å². The van der Waals surface area contributed by atoms with Crippen LogP contribution in [0.4, 0.5) is 0 Å². The Labute approximate surface area is 141 Å². The number of benzene rings is 2. The second-order valence-electron chi connectivity index (χ2n) is 5.90. The summed E-state index contributed by atoms with van der Waals surface area (Å²) < 4.78 is 0. The highest BCUT2D eigenvalue weighted by atomic mass is 16.4. The molecule has 0 radical (unpaired) electrons. The molecular formula is C20H22O4. The van der Waals surface area contributed by atoms with Gasteiger partial charge in [-0.05, 0) is 23.5 Å². The van der Waals surface area contributed by atoms with E-state index in [1.165, 1.54) is 0 Å². The molecule has 2 aromatic carbocycles. The number of aliphatic carboxylic acids is 2. The predicted molar refractivity (Wildman–Crippen MR) is 92.0 cm³/mol. The van der Waals surface area contributed by atoms with Gasteiger partial charge in [-0.1, -0.05) is 74.0 Å². The minimum atomic E-state index is -1.48. The molecule has 0 aliphatic carbocycles. The van der Waals surface area contributed by atoms with Gasteiger partial charge in [-0.15, -0.1) is 0 Å². The van der Waals surface area contributed by atoms with Gasteiger partial charge in [0, 0.05) is 5.92 Å². The van der Waals surface area contributed by atoms with Crippen LogP contribution in [0, 0.1) is 5.92 Å². The normalized spacial score (nSPS) is 13.4. The van der Waals surface area contributed by atoms with E-state index in [0.29, 0.717) is 0 Å². The van der Waals surface area contributed by atoms with Crippen LogP contribution in [0.25, 0.3) is 0 Å². The first-order valence-corrected chi connectivity index (χ1v) is 8.11. The van der Waals surface area contributed by atoms with E-state index < -0.39 is 23.8 Å². The van der Waals surface area contributed by atoms with Crippen LogP contribution in [0.3, 0.4) is 0 Å². The molecule has 0 saturated heterocycles. The van der Waals surface area contributed by atoms with E-state index >= 15 is 0 Å². The highest BCUT2D eigenvalue weighted by molar-refractivity contribution is 5.94. The predicted octanol–water partition coefficient (Wildman–Crippen LogP) is 4.14. The lowest BCUT2D eigenvalue weighted by Gasteiger charge is -2.30. The van der Waals surface area contributed by atoms with E-state index in [-0.39, 0.29) is 5.92 Å². The fraction of sp³-hybridized carbons (Fsp3) is 0.300. The number of hydrogen-bond donors (Lipinski definition) is 2. The lowest BCUT2D eigenvalue weighted by molar-refractivity contribution is -0.156. The zero-order valence-electron chi connectivity index (χ0n) is 13.6. The molecular weight excluding hydrogens is 304 g/mol. The van der Waals surface area contributed by atoms with Crippen molar-refractivity contribution in [2.75, 3.05) is 0 Å². The third-order valence-electron chi connectivity index (χ3n) is 4.34. The molecule has 2 rings (SSSR count). The number of hydrogen-bond acceptors (Lipinski definition) is 2. The van der Waals surface area contributed by atoms with Gasteiger partial charge < -0.3 is 10.2 Å². The lowest BCUT2D eigenvalue weighted by atomic mass is 9.72. The number of carboxylic acid groups (broad SMARTS) is 2. The minimum absolute atomic E-state index is 0.171. The van der Waals surface area contributed by atoms with Crippen LogP contribution < -0.4 is 0 Å². The van der Waals surface area contributed by atoms with Crippen LogP contribution in [0.1, 0.15) is 42.7 Å². The standard InChI is InChI=1S/C20H22O4/c1-2-9-16(14-10-5-3-6-11-14)17(15-12-7-4-8-13-15)18(19(21)22)20(23)24/h3-8,10-13,16-18H,2,9H2,1H3,(H,21,22)(H,23,24). The molecule has 24 heavy (non-hydrogen) atoms. The summed E-state index contributed by atoms with van der Waals surface area (Å²) in [7, 11) is 0. The highest BCUT2D eigenvalue weighted by Gasteiger charge is 2.40. The van der Waals surface area contributed by atoms with Crippen molar-refractivity contribution in [2.45, 2.75) is 31.6 Å². The van der Waals surface area contributed by atoms with Crippen molar-refractivity contribution >= 4 is 11.9 Å². The fourth-order valence-electron chi connectivity index (χ4n) is 3.31. The van der Waals surface area contributed by atoms with Crippen LogP contribution in [0.15, 0.2) is 60.7 Å². The van der Waals surface area contributed by atoms with Gasteiger partial charge in [0.05, 0.1) is 0 Å². The Morgan fingerprint density at radius 2 is 1.29 bits per heavy atom. The Balaban J connectivity index is 2.58. The third kappa shape index (κ3) is 4.02. The fourth-order valence-corrected chi connectivity index (χ4v) is 3.31. The first kappa shape index (κ1) is 17.7. The van der Waals surface area contributed by atoms with Crippen LogP contribution in [-0.2, 0) is 9.59 Å². The summed E-state index contributed by atoms with van der Waals surface area (Å²) in [6, 6.07) is 18.7. The number of carbonyl (C=O) groups is 2. The maximum absolute atomic E-state index is 11.7. The van der Waals surface area contributed by atoms with Crippen LogP contribution in [0.5, 0.6) is 0 Å². The first-order chi connectivity index (χ1) is 11.6. The maximum Gasteiger partial charge on any atom is 0.318 e. The zero-order valence-corrected chi connectivity index (χ0v) is 13.6. The molecule has 2 atom stereocenters. The molecule has 0 saturated carbocycles. The molecule has 0 aliphatic rings. The van der Waals surface area contributed by atoms with Gasteiger partial charge in [-0.25, -0.2) is 0 Å². The molecule has 4 nitrogen and oxygen atoms in total. The Morgan fingerprint density at radius 1 is 0.833 bits per heavy atom. The van der Waals surface area contributed by atoms with E-state index in [2.05, 4.69) is 0 Å². The molecule has 126 valence electrons. The molecule has 2 N–H and O–H groups in total. The van der Waals surface area contributed by atoms with E-state index in [4.69, 9.17) is 0 Å². The van der Waals surface area contributed by atoms with Gasteiger partial charge in [0.25, 0.3) is 0 Å². The van der Waals surface area contributed by atoms with E-state index in [1.54, 1.807) is 0 Å². The SMILES string of the molecule is CCCC(c1ccccc1)C(c1ccccc1)C(C(=O)O)C(=O)O.